The second kappa shape index (κ2) is 13.2. The van der Waals surface area contributed by atoms with Gasteiger partial charge in [-0.15, -0.1) is 0 Å². The minimum absolute atomic E-state index is 0.0594. The fraction of sp³-hybridized carbons (Fsp3) is 0.621. The lowest BCUT2D eigenvalue weighted by molar-refractivity contribution is -0.124. The zero-order chi connectivity index (χ0) is 26.2. The summed E-state index contributed by atoms with van der Waals surface area (Å²) in [5.74, 6) is 0.811. The number of aromatic nitrogens is 1. The lowest BCUT2D eigenvalue weighted by atomic mass is 10.00. The number of pyridine rings is 1. The molecule has 0 radical (unpaired) electrons. The molecule has 2 aliphatic heterocycles. The van der Waals surface area contributed by atoms with Crippen molar-refractivity contribution in [2.75, 3.05) is 63.1 Å². The van der Waals surface area contributed by atoms with Crippen LogP contribution in [-0.2, 0) is 9.59 Å². The number of fused-ring (bicyclic) bond motifs is 1. The van der Waals surface area contributed by atoms with Gasteiger partial charge in [0.05, 0.1) is 5.52 Å². The number of likely N-dealkylation sites (tertiary alicyclic amines) is 1. The third kappa shape index (κ3) is 7.65. The van der Waals surface area contributed by atoms with Crippen LogP contribution in [0.4, 0.5) is 11.5 Å². The van der Waals surface area contributed by atoms with E-state index in [1.165, 1.54) is 32.2 Å². The summed E-state index contributed by atoms with van der Waals surface area (Å²) in [6.45, 7) is 11.3. The number of rotatable bonds is 10. The Morgan fingerprint density at radius 2 is 1.81 bits per heavy atom. The molecule has 2 fully saturated rings. The van der Waals surface area contributed by atoms with Gasteiger partial charge >= 0.3 is 0 Å². The highest BCUT2D eigenvalue weighted by molar-refractivity contribution is 5.96. The van der Waals surface area contributed by atoms with Gasteiger partial charge in [0.25, 0.3) is 0 Å². The van der Waals surface area contributed by atoms with Crippen LogP contribution >= 0.6 is 0 Å². The maximum absolute atomic E-state index is 12.5. The number of carbonyl (C=O) groups excluding carboxylic acids is 2. The molecule has 0 spiro atoms. The zero-order valence-corrected chi connectivity index (χ0v) is 22.9. The van der Waals surface area contributed by atoms with Crippen molar-refractivity contribution in [3.8, 4) is 0 Å². The summed E-state index contributed by atoms with van der Waals surface area (Å²) in [6.07, 6.45) is 6.44. The van der Waals surface area contributed by atoms with Crippen molar-refractivity contribution in [2.24, 2.45) is 0 Å². The average Bonchev–Trinajstić information content (AvgIpc) is 2.91. The van der Waals surface area contributed by atoms with E-state index < -0.39 is 0 Å². The molecular formula is C29H44N6O2. The molecular weight excluding hydrogens is 464 g/mol. The highest BCUT2D eigenvalue weighted by Crippen LogP contribution is 2.26. The second-order valence-electron chi connectivity index (χ2n) is 10.7. The monoisotopic (exact) mass is 508 g/mol. The fourth-order valence-corrected chi connectivity index (χ4v) is 5.52. The molecule has 8 nitrogen and oxygen atoms in total. The van der Waals surface area contributed by atoms with Gasteiger partial charge in [-0.25, -0.2) is 4.98 Å². The first kappa shape index (κ1) is 27.3. The Morgan fingerprint density at radius 1 is 1.03 bits per heavy atom. The first-order chi connectivity index (χ1) is 17.9. The fourth-order valence-electron chi connectivity index (χ4n) is 5.52. The van der Waals surface area contributed by atoms with Crippen LogP contribution in [0.3, 0.4) is 0 Å². The van der Waals surface area contributed by atoms with Crippen molar-refractivity contribution in [1.82, 2.24) is 20.1 Å². The zero-order valence-electron chi connectivity index (χ0n) is 22.9. The van der Waals surface area contributed by atoms with Crippen LogP contribution in [0.1, 0.15) is 57.4 Å². The number of likely N-dealkylation sites (N-methyl/N-ethyl adjacent to an activating group) is 1. The summed E-state index contributed by atoms with van der Waals surface area (Å²) in [4.78, 5) is 36.9. The standard InChI is InChI=1S/C29H44N6O2/c1-4-24-8-5-6-14-34(24)15-7-13-30-28(36)11-12-29(37)31-23-9-10-26-25(21-23)22(2)20-27(32-26)35-18-16-33(3)17-19-35/h9-10,20-21,24H,4-8,11-19H2,1-3H3,(H,30,36)(H,31,37). The van der Waals surface area contributed by atoms with E-state index in [4.69, 9.17) is 4.98 Å². The van der Waals surface area contributed by atoms with E-state index in [2.05, 4.69) is 52.3 Å². The first-order valence-corrected chi connectivity index (χ1v) is 14.1. The summed E-state index contributed by atoms with van der Waals surface area (Å²) < 4.78 is 0. The van der Waals surface area contributed by atoms with Crippen molar-refractivity contribution in [1.29, 1.82) is 0 Å². The molecule has 37 heavy (non-hydrogen) atoms. The van der Waals surface area contributed by atoms with E-state index >= 15 is 0 Å². The molecule has 0 saturated carbocycles. The van der Waals surface area contributed by atoms with E-state index in [1.807, 2.05) is 18.2 Å². The number of nitrogens with zero attached hydrogens (tertiary/aromatic N) is 4. The van der Waals surface area contributed by atoms with Gasteiger partial charge in [0.15, 0.2) is 0 Å². The number of carbonyl (C=O) groups is 2. The number of piperazine rings is 1. The maximum atomic E-state index is 12.5. The molecule has 1 aromatic heterocycles. The maximum Gasteiger partial charge on any atom is 0.224 e. The highest BCUT2D eigenvalue weighted by Gasteiger charge is 2.20. The van der Waals surface area contributed by atoms with Crippen molar-refractivity contribution in [2.45, 2.75) is 64.8 Å². The number of anilines is 2. The number of amides is 2. The lowest BCUT2D eigenvalue weighted by Gasteiger charge is -2.35. The normalized spacial score (nSPS) is 19.2. The quantitative estimate of drug-likeness (QED) is 0.476. The summed E-state index contributed by atoms with van der Waals surface area (Å²) in [5.41, 5.74) is 2.81. The molecule has 0 bridgehead atoms. The van der Waals surface area contributed by atoms with E-state index in [0.29, 0.717) is 12.6 Å². The SMILES string of the molecule is CCC1CCCCN1CCCNC(=O)CCC(=O)Nc1ccc2nc(N3CCN(C)CC3)cc(C)c2c1. The van der Waals surface area contributed by atoms with Gasteiger partial charge in [-0.2, -0.15) is 0 Å². The van der Waals surface area contributed by atoms with Crippen molar-refractivity contribution in [3.05, 3.63) is 29.8 Å². The molecule has 202 valence electrons. The third-order valence-electron chi connectivity index (χ3n) is 7.86. The summed E-state index contributed by atoms with van der Waals surface area (Å²) in [5, 5.41) is 6.97. The molecule has 3 heterocycles. The number of hydrogen-bond donors (Lipinski definition) is 2. The number of piperidine rings is 1. The van der Waals surface area contributed by atoms with Gasteiger partial charge in [0.1, 0.15) is 5.82 Å². The summed E-state index contributed by atoms with van der Waals surface area (Å²) in [6, 6.07) is 8.67. The Kier molecular flexibility index (Phi) is 9.75. The van der Waals surface area contributed by atoms with Gasteiger partial charge < -0.3 is 25.3 Å². The first-order valence-electron chi connectivity index (χ1n) is 14.1. The molecule has 1 unspecified atom stereocenters. The van der Waals surface area contributed by atoms with Crippen LogP contribution < -0.4 is 15.5 Å². The van der Waals surface area contributed by atoms with Crippen LogP contribution in [0.15, 0.2) is 24.3 Å². The Bertz CT molecular complexity index is 1070. The van der Waals surface area contributed by atoms with Gasteiger partial charge in [0.2, 0.25) is 11.8 Å². The smallest absolute Gasteiger partial charge is 0.224 e. The largest absolute Gasteiger partial charge is 0.356 e. The van der Waals surface area contributed by atoms with Crippen molar-refractivity contribution < 1.29 is 9.59 Å². The lowest BCUT2D eigenvalue weighted by Crippen LogP contribution is -2.44. The Labute approximate surface area is 221 Å². The van der Waals surface area contributed by atoms with E-state index in [0.717, 1.165) is 67.1 Å². The van der Waals surface area contributed by atoms with E-state index in [9.17, 15) is 9.59 Å². The minimum Gasteiger partial charge on any atom is -0.356 e. The topological polar surface area (TPSA) is 80.8 Å². The molecule has 1 aromatic carbocycles. The van der Waals surface area contributed by atoms with Gasteiger partial charge in [-0.3, -0.25) is 9.59 Å². The summed E-state index contributed by atoms with van der Waals surface area (Å²) in [7, 11) is 2.15. The van der Waals surface area contributed by atoms with Crippen molar-refractivity contribution >= 4 is 34.2 Å². The van der Waals surface area contributed by atoms with E-state index in [1.54, 1.807) is 0 Å². The Hall–Kier alpha value is -2.71. The van der Waals surface area contributed by atoms with Crippen LogP contribution in [-0.4, -0.2) is 85.5 Å². The number of aryl methyl sites for hydroxylation is 1. The molecule has 1 atom stereocenters. The van der Waals surface area contributed by atoms with Crippen LogP contribution in [0.2, 0.25) is 0 Å². The molecule has 4 rings (SSSR count). The Morgan fingerprint density at radius 3 is 2.59 bits per heavy atom. The third-order valence-corrected chi connectivity index (χ3v) is 7.86. The molecule has 2 aliphatic rings. The molecule has 2 saturated heterocycles. The molecule has 2 amide bonds. The van der Waals surface area contributed by atoms with Crippen LogP contribution in [0.5, 0.6) is 0 Å². The van der Waals surface area contributed by atoms with Gasteiger partial charge in [-0.05, 0) is 76.0 Å². The summed E-state index contributed by atoms with van der Waals surface area (Å²) >= 11 is 0. The number of nitrogens with one attached hydrogen (secondary N) is 2. The molecule has 2 N–H and O–H groups in total. The number of hydrogen-bond acceptors (Lipinski definition) is 6. The van der Waals surface area contributed by atoms with Crippen LogP contribution in [0, 0.1) is 6.92 Å². The molecule has 0 aliphatic carbocycles. The van der Waals surface area contributed by atoms with E-state index in [-0.39, 0.29) is 24.7 Å². The number of benzene rings is 1. The van der Waals surface area contributed by atoms with Crippen LogP contribution in [0.25, 0.3) is 10.9 Å². The predicted octanol–water partition coefficient (Wildman–Crippen LogP) is 3.78. The van der Waals surface area contributed by atoms with Gasteiger partial charge in [0, 0.05) is 69.2 Å². The average molecular weight is 509 g/mol. The molecule has 2 aromatic rings. The van der Waals surface area contributed by atoms with Crippen molar-refractivity contribution in [3.63, 3.8) is 0 Å². The Balaban J connectivity index is 1.21. The second-order valence-corrected chi connectivity index (χ2v) is 10.7. The highest BCUT2D eigenvalue weighted by atomic mass is 16.2. The predicted molar refractivity (Wildman–Crippen MR) is 151 cm³/mol. The van der Waals surface area contributed by atoms with Gasteiger partial charge in [-0.1, -0.05) is 13.3 Å². The minimum atomic E-state index is -0.145. The molecule has 8 heteroatoms.